The van der Waals surface area contributed by atoms with Gasteiger partial charge in [-0.2, -0.15) is 0 Å². The van der Waals surface area contributed by atoms with Crippen LogP contribution in [0.25, 0.3) is 0 Å². The summed E-state index contributed by atoms with van der Waals surface area (Å²) in [6.45, 7) is 1.22. The van der Waals surface area contributed by atoms with Crippen LogP contribution in [0.15, 0.2) is 12.2 Å². The molecular formula is C15H25N3O3. The maximum atomic E-state index is 11.4. The van der Waals surface area contributed by atoms with Crippen LogP contribution in [0.2, 0.25) is 0 Å². The first kappa shape index (κ1) is 15.8. The predicted octanol–water partition coefficient (Wildman–Crippen LogP) is 1.07. The molecule has 2 aliphatic rings. The minimum absolute atomic E-state index is 0.168. The Balaban J connectivity index is 1.78. The molecule has 1 spiro atoms. The van der Waals surface area contributed by atoms with Gasteiger partial charge in [0.2, 0.25) is 0 Å². The molecule has 1 fully saturated rings. The van der Waals surface area contributed by atoms with Crippen molar-refractivity contribution in [3.8, 4) is 0 Å². The fourth-order valence-corrected chi connectivity index (χ4v) is 3.41. The number of nitrogens with one attached hydrogen (secondary N) is 2. The summed E-state index contributed by atoms with van der Waals surface area (Å²) in [6.07, 6.45) is 11.5. The Morgan fingerprint density at radius 2 is 2.19 bits per heavy atom. The van der Waals surface area contributed by atoms with E-state index in [0.717, 1.165) is 13.0 Å². The largest absolute Gasteiger partial charge is 0.464 e. The van der Waals surface area contributed by atoms with Gasteiger partial charge in [0.1, 0.15) is 6.54 Å². The van der Waals surface area contributed by atoms with Crippen LogP contribution in [0.1, 0.15) is 38.5 Å². The fraction of sp³-hybridized carbons (Fsp3) is 0.733. The SMILES string of the molecule is NC(=O)NCC(=O)OCCC1NCCCC12C=CCCC2. The molecule has 0 radical (unpaired) electrons. The molecule has 118 valence electrons. The fourth-order valence-electron chi connectivity index (χ4n) is 3.41. The van der Waals surface area contributed by atoms with Crippen LogP contribution in [0.3, 0.4) is 0 Å². The second-order valence-corrected chi connectivity index (χ2v) is 5.86. The summed E-state index contributed by atoms with van der Waals surface area (Å²) < 4.78 is 5.16. The summed E-state index contributed by atoms with van der Waals surface area (Å²) in [4.78, 5) is 21.9. The van der Waals surface area contributed by atoms with Crippen molar-refractivity contribution in [2.75, 3.05) is 19.7 Å². The summed E-state index contributed by atoms with van der Waals surface area (Å²) >= 11 is 0. The van der Waals surface area contributed by atoms with E-state index in [1.165, 1.54) is 32.1 Å². The van der Waals surface area contributed by atoms with E-state index in [0.29, 0.717) is 12.6 Å². The third-order valence-corrected chi connectivity index (χ3v) is 4.44. The minimum atomic E-state index is -0.716. The number of ether oxygens (including phenoxy) is 1. The van der Waals surface area contributed by atoms with Gasteiger partial charge in [0.25, 0.3) is 0 Å². The normalized spacial score (nSPS) is 28.3. The first-order valence-corrected chi connectivity index (χ1v) is 7.72. The molecule has 0 saturated carbocycles. The van der Waals surface area contributed by atoms with E-state index in [2.05, 4.69) is 22.8 Å². The van der Waals surface area contributed by atoms with Crippen molar-refractivity contribution in [3.05, 3.63) is 12.2 Å². The minimum Gasteiger partial charge on any atom is -0.464 e. The van der Waals surface area contributed by atoms with Crippen molar-refractivity contribution in [1.29, 1.82) is 0 Å². The molecule has 2 unspecified atom stereocenters. The van der Waals surface area contributed by atoms with Gasteiger partial charge in [-0.25, -0.2) is 4.79 Å². The monoisotopic (exact) mass is 295 g/mol. The molecule has 0 aromatic rings. The van der Waals surface area contributed by atoms with E-state index in [1.807, 2.05) is 0 Å². The molecule has 1 heterocycles. The van der Waals surface area contributed by atoms with E-state index in [4.69, 9.17) is 10.5 Å². The van der Waals surface area contributed by atoms with E-state index in [-0.39, 0.29) is 12.0 Å². The van der Waals surface area contributed by atoms with Crippen molar-refractivity contribution in [2.45, 2.75) is 44.6 Å². The van der Waals surface area contributed by atoms with Crippen LogP contribution in [-0.4, -0.2) is 37.7 Å². The quantitative estimate of drug-likeness (QED) is 0.522. The van der Waals surface area contributed by atoms with Crippen molar-refractivity contribution in [3.63, 3.8) is 0 Å². The maximum Gasteiger partial charge on any atom is 0.325 e. The summed E-state index contributed by atoms with van der Waals surface area (Å²) in [7, 11) is 0. The molecule has 2 rings (SSSR count). The molecule has 2 amide bonds. The second kappa shape index (κ2) is 7.45. The van der Waals surface area contributed by atoms with Crippen molar-refractivity contribution in [2.24, 2.45) is 11.1 Å². The Labute approximate surface area is 125 Å². The molecule has 0 aromatic carbocycles. The summed E-state index contributed by atoms with van der Waals surface area (Å²) in [5.41, 5.74) is 5.13. The highest BCUT2D eigenvalue weighted by molar-refractivity contribution is 5.79. The lowest BCUT2D eigenvalue weighted by Gasteiger charge is -2.44. The molecule has 1 saturated heterocycles. The van der Waals surface area contributed by atoms with Gasteiger partial charge in [0.05, 0.1) is 6.61 Å². The molecular weight excluding hydrogens is 270 g/mol. The zero-order valence-electron chi connectivity index (χ0n) is 12.4. The summed E-state index contributed by atoms with van der Waals surface area (Å²) in [5.74, 6) is -0.446. The van der Waals surface area contributed by atoms with Gasteiger partial charge in [-0.05, 0) is 45.1 Å². The molecule has 6 nitrogen and oxygen atoms in total. The number of piperidine rings is 1. The van der Waals surface area contributed by atoms with Crippen LogP contribution in [0, 0.1) is 5.41 Å². The van der Waals surface area contributed by atoms with E-state index < -0.39 is 12.0 Å². The van der Waals surface area contributed by atoms with E-state index in [1.54, 1.807) is 0 Å². The van der Waals surface area contributed by atoms with Gasteiger partial charge < -0.3 is 21.1 Å². The Bertz CT molecular complexity index is 411. The number of hydrogen-bond acceptors (Lipinski definition) is 4. The highest BCUT2D eigenvalue weighted by Gasteiger charge is 2.38. The number of carbonyl (C=O) groups excluding carboxylic acids is 2. The second-order valence-electron chi connectivity index (χ2n) is 5.86. The average molecular weight is 295 g/mol. The summed E-state index contributed by atoms with van der Waals surface area (Å²) in [6, 6.07) is -0.355. The van der Waals surface area contributed by atoms with Gasteiger partial charge in [-0.15, -0.1) is 0 Å². The lowest BCUT2D eigenvalue weighted by Crippen LogP contribution is -2.50. The van der Waals surface area contributed by atoms with E-state index in [9.17, 15) is 9.59 Å². The molecule has 1 aliphatic heterocycles. The lowest BCUT2D eigenvalue weighted by atomic mass is 9.67. The highest BCUT2D eigenvalue weighted by Crippen LogP contribution is 2.41. The Kier molecular flexibility index (Phi) is 5.61. The molecule has 1 aliphatic carbocycles. The van der Waals surface area contributed by atoms with Crippen LogP contribution in [0.5, 0.6) is 0 Å². The van der Waals surface area contributed by atoms with Gasteiger partial charge in [-0.1, -0.05) is 12.2 Å². The number of carbonyl (C=O) groups is 2. The van der Waals surface area contributed by atoms with Crippen LogP contribution >= 0.6 is 0 Å². The Morgan fingerprint density at radius 1 is 1.38 bits per heavy atom. The number of esters is 1. The smallest absolute Gasteiger partial charge is 0.325 e. The Morgan fingerprint density at radius 3 is 2.90 bits per heavy atom. The third-order valence-electron chi connectivity index (χ3n) is 4.44. The van der Waals surface area contributed by atoms with Crippen LogP contribution in [0.4, 0.5) is 4.79 Å². The number of rotatable bonds is 5. The standard InChI is InChI=1S/C15H25N3O3/c16-14(20)18-11-13(19)21-10-5-12-15(8-4-9-17-12)6-2-1-3-7-15/h2,6,12,17H,1,3-5,7-11H2,(H3,16,18,20). The number of amides is 2. The molecule has 4 N–H and O–H groups in total. The van der Waals surface area contributed by atoms with Crippen LogP contribution in [-0.2, 0) is 9.53 Å². The van der Waals surface area contributed by atoms with Gasteiger partial charge in [0.15, 0.2) is 0 Å². The first-order chi connectivity index (χ1) is 10.1. The molecule has 6 heteroatoms. The molecule has 0 bridgehead atoms. The number of hydrogen-bond donors (Lipinski definition) is 3. The predicted molar refractivity (Wildman–Crippen MR) is 79.6 cm³/mol. The molecule has 2 atom stereocenters. The number of urea groups is 1. The summed E-state index contributed by atoms with van der Waals surface area (Å²) in [5, 5.41) is 5.80. The van der Waals surface area contributed by atoms with Crippen molar-refractivity contribution >= 4 is 12.0 Å². The number of allylic oxidation sites excluding steroid dienone is 1. The Hall–Kier alpha value is -1.56. The third kappa shape index (κ3) is 4.46. The van der Waals surface area contributed by atoms with Gasteiger partial charge in [0, 0.05) is 11.5 Å². The molecule has 21 heavy (non-hydrogen) atoms. The van der Waals surface area contributed by atoms with Crippen molar-refractivity contribution in [1.82, 2.24) is 10.6 Å². The van der Waals surface area contributed by atoms with E-state index >= 15 is 0 Å². The van der Waals surface area contributed by atoms with Crippen LogP contribution < -0.4 is 16.4 Å². The van der Waals surface area contributed by atoms with Crippen molar-refractivity contribution < 1.29 is 14.3 Å². The van der Waals surface area contributed by atoms with Gasteiger partial charge >= 0.3 is 12.0 Å². The zero-order valence-corrected chi connectivity index (χ0v) is 12.4. The lowest BCUT2D eigenvalue weighted by molar-refractivity contribution is -0.142. The van der Waals surface area contributed by atoms with Gasteiger partial charge in [-0.3, -0.25) is 4.79 Å². The topological polar surface area (TPSA) is 93.5 Å². The highest BCUT2D eigenvalue weighted by atomic mass is 16.5. The first-order valence-electron chi connectivity index (χ1n) is 7.72. The number of primary amides is 1. The zero-order chi connectivity index (χ0) is 15.1. The number of nitrogens with two attached hydrogens (primary N) is 1. The average Bonchev–Trinajstić information content (AvgIpc) is 2.48. The molecule has 0 aromatic heterocycles. The maximum absolute atomic E-state index is 11.4.